The number of aromatic nitrogens is 2. The van der Waals surface area contributed by atoms with Crippen LogP contribution in [0, 0.1) is 0 Å². The minimum atomic E-state index is -3.60. The molecule has 1 N–H and O–H groups in total. The molecule has 4 rings (SSSR count). The van der Waals surface area contributed by atoms with E-state index in [4.69, 9.17) is 16.3 Å². The molecule has 1 saturated heterocycles. The van der Waals surface area contributed by atoms with Crippen LogP contribution in [0.3, 0.4) is 0 Å². The van der Waals surface area contributed by atoms with Crippen LogP contribution in [0.5, 0.6) is 5.75 Å². The van der Waals surface area contributed by atoms with Crippen LogP contribution in [0.15, 0.2) is 52.5 Å². The Bertz CT molecular complexity index is 1210. The third kappa shape index (κ3) is 5.03. The molecule has 0 atom stereocenters. The predicted molar refractivity (Wildman–Crippen MR) is 125 cm³/mol. The molecule has 0 unspecified atom stereocenters. The highest BCUT2D eigenvalue weighted by molar-refractivity contribution is 7.99. The zero-order valence-electron chi connectivity index (χ0n) is 17.5. The van der Waals surface area contributed by atoms with Gasteiger partial charge in [0, 0.05) is 37.3 Å². The number of H-pyrrole nitrogens is 1. The van der Waals surface area contributed by atoms with Gasteiger partial charge in [0.2, 0.25) is 15.9 Å². The molecule has 0 bridgehead atoms. The monoisotopic (exact) mass is 494 g/mol. The van der Waals surface area contributed by atoms with Crippen molar-refractivity contribution in [2.24, 2.45) is 0 Å². The van der Waals surface area contributed by atoms with Gasteiger partial charge in [-0.15, -0.1) is 0 Å². The first-order chi connectivity index (χ1) is 15.4. The minimum absolute atomic E-state index is 0.0472. The van der Waals surface area contributed by atoms with Gasteiger partial charge >= 0.3 is 0 Å². The molecular weight excluding hydrogens is 472 g/mol. The topological polar surface area (TPSA) is 95.6 Å². The molecule has 0 saturated carbocycles. The lowest BCUT2D eigenvalue weighted by atomic mass is 10.3. The van der Waals surface area contributed by atoms with Crippen molar-refractivity contribution >= 4 is 50.3 Å². The number of aromatic amines is 1. The number of sulfonamides is 1. The first-order valence-corrected chi connectivity index (χ1v) is 13.0. The van der Waals surface area contributed by atoms with Gasteiger partial charge in [0.15, 0.2) is 5.16 Å². The first kappa shape index (κ1) is 22.9. The molecule has 0 radical (unpaired) electrons. The molecule has 1 aromatic heterocycles. The van der Waals surface area contributed by atoms with Gasteiger partial charge in [0.25, 0.3) is 0 Å². The number of carbonyl (C=O) groups is 1. The fourth-order valence-electron chi connectivity index (χ4n) is 3.45. The Kier molecular flexibility index (Phi) is 6.94. The summed E-state index contributed by atoms with van der Waals surface area (Å²) in [6.45, 7) is 3.73. The molecule has 11 heteroatoms. The maximum atomic E-state index is 12.8. The molecule has 1 amide bonds. The molecule has 1 fully saturated rings. The van der Waals surface area contributed by atoms with Crippen LogP contribution in [0.2, 0.25) is 5.02 Å². The van der Waals surface area contributed by atoms with Gasteiger partial charge in [-0.2, -0.15) is 4.31 Å². The summed E-state index contributed by atoms with van der Waals surface area (Å²) in [6, 6.07) is 11.7. The van der Waals surface area contributed by atoms with Crippen molar-refractivity contribution in [1.82, 2.24) is 19.2 Å². The second-order valence-corrected chi connectivity index (χ2v) is 10.5. The lowest BCUT2D eigenvalue weighted by Gasteiger charge is -2.34. The Hall–Kier alpha value is -2.27. The second-order valence-electron chi connectivity index (χ2n) is 7.18. The number of hydrogen-bond acceptors (Lipinski definition) is 6. The highest BCUT2D eigenvalue weighted by Crippen LogP contribution is 2.24. The van der Waals surface area contributed by atoms with Gasteiger partial charge in [0.1, 0.15) is 5.75 Å². The number of amides is 1. The van der Waals surface area contributed by atoms with E-state index in [1.165, 1.54) is 28.2 Å². The third-order valence-electron chi connectivity index (χ3n) is 5.12. The SMILES string of the molecule is CCOc1ccc2nc(SCC(=O)N3CCN(S(=O)(=O)c4ccc(Cl)cc4)CC3)[nH]c2c1. The number of carbonyl (C=O) groups excluding carboxylic acids is 1. The summed E-state index contributed by atoms with van der Waals surface area (Å²) in [5.41, 5.74) is 1.66. The standard InChI is InChI=1S/C21H23ClN4O4S2/c1-2-30-16-5-8-18-19(13-16)24-21(23-18)31-14-20(27)25-9-11-26(12-10-25)32(28,29)17-6-3-15(22)4-7-17/h3-8,13H,2,9-12,14H2,1H3,(H,23,24). The van der Waals surface area contributed by atoms with Crippen molar-refractivity contribution in [3.05, 3.63) is 47.5 Å². The first-order valence-electron chi connectivity index (χ1n) is 10.2. The molecule has 170 valence electrons. The van der Waals surface area contributed by atoms with Gasteiger partial charge in [-0.1, -0.05) is 23.4 Å². The lowest BCUT2D eigenvalue weighted by Crippen LogP contribution is -2.50. The molecular formula is C21H23ClN4O4S2. The summed E-state index contributed by atoms with van der Waals surface area (Å²) in [4.78, 5) is 22.3. The number of piperazine rings is 1. The summed E-state index contributed by atoms with van der Waals surface area (Å²) in [5, 5.41) is 1.14. The number of hydrogen-bond donors (Lipinski definition) is 1. The fraction of sp³-hybridized carbons (Fsp3) is 0.333. The highest BCUT2D eigenvalue weighted by Gasteiger charge is 2.30. The van der Waals surface area contributed by atoms with E-state index < -0.39 is 10.0 Å². The summed E-state index contributed by atoms with van der Waals surface area (Å²) in [5.74, 6) is 0.943. The molecule has 0 spiro atoms. The normalized spacial score (nSPS) is 15.2. The molecule has 0 aliphatic carbocycles. The van der Waals surface area contributed by atoms with Crippen molar-refractivity contribution in [2.45, 2.75) is 17.0 Å². The van der Waals surface area contributed by atoms with Crippen LogP contribution in [-0.4, -0.2) is 72.0 Å². The number of halogens is 1. The van der Waals surface area contributed by atoms with Gasteiger partial charge < -0.3 is 14.6 Å². The predicted octanol–water partition coefficient (Wildman–Crippen LogP) is 3.24. The van der Waals surface area contributed by atoms with E-state index in [0.29, 0.717) is 29.9 Å². The average molecular weight is 495 g/mol. The Balaban J connectivity index is 1.32. The Morgan fingerprint density at radius 2 is 1.88 bits per heavy atom. The van der Waals surface area contributed by atoms with Gasteiger partial charge in [-0.05, 0) is 43.3 Å². The van der Waals surface area contributed by atoms with Crippen LogP contribution in [0.4, 0.5) is 0 Å². The number of thioether (sulfide) groups is 1. The number of fused-ring (bicyclic) bond motifs is 1. The van der Waals surface area contributed by atoms with E-state index >= 15 is 0 Å². The van der Waals surface area contributed by atoms with E-state index in [1.807, 2.05) is 25.1 Å². The number of benzene rings is 2. The molecule has 2 aromatic carbocycles. The molecule has 8 nitrogen and oxygen atoms in total. The molecule has 2 heterocycles. The lowest BCUT2D eigenvalue weighted by molar-refractivity contribution is -0.129. The fourth-order valence-corrected chi connectivity index (χ4v) is 5.78. The van der Waals surface area contributed by atoms with Crippen molar-refractivity contribution < 1.29 is 17.9 Å². The van der Waals surface area contributed by atoms with Gasteiger partial charge in [0.05, 0.1) is 28.3 Å². The van der Waals surface area contributed by atoms with E-state index in [0.717, 1.165) is 16.8 Å². The van der Waals surface area contributed by atoms with Crippen molar-refractivity contribution in [3.63, 3.8) is 0 Å². The van der Waals surface area contributed by atoms with Crippen LogP contribution in [0.25, 0.3) is 11.0 Å². The largest absolute Gasteiger partial charge is 0.494 e. The molecule has 1 aliphatic heterocycles. The summed E-state index contributed by atoms with van der Waals surface area (Å²) < 4.78 is 32.5. The maximum absolute atomic E-state index is 12.8. The second kappa shape index (κ2) is 9.70. The summed E-state index contributed by atoms with van der Waals surface area (Å²) in [7, 11) is -3.60. The van der Waals surface area contributed by atoms with E-state index in [2.05, 4.69) is 9.97 Å². The Morgan fingerprint density at radius 3 is 2.56 bits per heavy atom. The van der Waals surface area contributed by atoms with Crippen LogP contribution >= 0.6 is 23.4 Å². The smallest absolute Gasteiger partial charge is 0.243 e. The highest BCUT2D eigenvalue weighted by atomic mass is 35.5. The number of nitrogens with zero attached hydrogens (tertiary/aromatic N) is 3. The van der Waals surface area contributed by atoms with Crippen LogP contribution in [0.1, 0.15) is 6.92 Å². The average Bonchev–Trinajstić information content (AvgIpc) is 3.20. The number of ether oxygens (including phenoxy) is 1. The minimum Gasteiger partial charge on any atom is -0.494 e. The third-order valence-corrected chi connectivity index (χ3v) is 8.14. The zero-order chi connectivity index (χ0) is 22.7. The van der Waals surface area contributed by atoms with Crippen molar-refractivity contribution in [3.8, 4) is 5.75 Å². The summed E-state index contributed by atoms with van der Waals surface area (Å²) >= 11 is 7.18. The number of imidazole rings is 1. The van der Waals surface area contributed by atoms with E-state index in [9.17, 15) is 13.2 Å². The molecule has 1 aliphatic rings. The quantitative estimate of drug-likeness (QED) is 0.506. The van der Waals surface area contributed by atoms with Gasteiger partial charge in [-0.25, -0.2) is 13.4 Å². The number of rotatable bonds is 7. The van der Waals surface area contributed by atoms with Crippen LogP contribution in [-0.2, 0) is 14.8 Å². The van der Waals surface area contributed by atoms with Crippen molar-refractivity contribution in [2.75, 3.05) is 38.5 Å². The Morgan fingerprint density at radius 1 is 1.16 bits per heavy atom. The van der Waals surface area contributed by atoms with Gasteiger partial charge in [-0.3, -0.25) is 4.79 Å². The Labute approximate surface area is 195 Å². The summed E-state index contributed by atoms with van der Waals surface area (Å²) in [6.07, 6.45) is 0. The van der Waals surface area contributed by atoms with Crippen LogP contribution < -0.4 is 4.74 Å². The zero-order valence-corrected chi connectivity index (χ0v) is 19.8. The maximum Gasteiger partial charge on any atom is 0.243 e. The molecule has 3 aromatic rings. The number of nitrogens with one attached hydrogen (secondary N) is 1. The molecule has 32 heavy (non-hydrogen) atoms. The van der Waals surface area contributed by atoms with Crippen molar-refractivity contribution in [1.29, 1.82) is 0 Å². The van der Waals surface area contributed by atoms with E-state index in [1.54, 1.807) is 17.0 Å². The van der Waals surface area contributed by atoms with E-state index in [-0.39, 0.29) is 29.6 Å².